The lowest BCUT2D eigenvalue weighted by Crippen LogP contribution is -2.21. The number of nitrogens with one attached hydrogen (secondary N) is 2. The number of para-hydroxylation sites is 2. The van der Waals surface area contributed by atoms with Crippen LogP contribution in [-0.2, 0) is 11.3 Å². The number of H-pyrrole nitrogens is 1. The lowest BCUT2D eigenvalue weighted by Gasteiger charge is -2.03. The van der Waals surface area contributed by atoms with Gasteiger partial charge in [-0.05, 0) is 30.3 Å². The number of carbonyl (C=O) groups excluding carboxylic acids is 1. The van der Waals surface area contributed by atoms with E-state index in [2.05, 4.69) is 15.3 Å². The molecule has 1 heterocycles. The van der Waals surface area contributed by atoms with E-state index in [0.29, 0.717) is 28.2 Å². The largest absolute Gasteiger partial charge is 0.463 e. The molecule has 2 N–H and O–H groups in total. The summed E-state index contributed by atoms with van der Waals surface area (Å²) >= 11 is 11.8. The predicted octanol–water partition coefficient (Wildman–Crippen LogP) is 4.08. The van der Waals surface area contributed by atoms with Crippen molar-refractivity contribution in [2.24, 2.45) is 0 Å². The number of benzene rings is 2. The van der Waals surface area contributed by atoms with Crippen molar-refractivity contribution in [3.8, 4) is 5.75 Å². The van der Waals surface area contributed by atoms with Gasteiger partial charge < -0.3 is 15.0 Å². The fraction of sp³-hybridized carbons (Fsp3) is 0.0588. The minimum Gasteiger partial charge on any atom is -0.463 e. The Kier molecular flexibility index (Phi) is 5.03. The average Bonchev–Trinajstić information content (AvgIpc) is 2.98. The summed E-state index contributed by atoms with van der Waals surface area (Å²) in [5.41, 5.74) is 1.79. The Morgan fingerprint density at radius 3 is 2.88 bits per heavy atom. The summed E-state index contributed by atoms with van der Waals surface area (Å²) in [7, 11) is 0. The average molecular weight is 362 g/mol. The van der Waals surface area contributed by atoms with Gasteiger partial charge in [0.1, 0.15) is 11.6 Å². The molecule has 2 aromatic carbocycles. The molecule has 0 fully saturated rings. The lowest BCUT2D eigenvalue weighted by atomic mass is 10.3. The summed E-state index contributed by atoms with van der Waals surface area (Å²) in [6.07, 6.45) is 2.54. The molecule has 1 aromatic heterocycles. The number of ether oxygens (including phenoxy) is 1. The lowest BCUT2D eigenvalue weighted by molar-refractivity contribution is -0.116. The van der Waals surface area contributed by atoms with Gasteiger partial charge in [0.15, 0.2) is 0 Å². The smallest absolute Gasteiger partial charge is 0.247 e. The molecular weight excluding hydrogens is 349 g/mol. The van der Waals surface area contributed by atoms with E-state index >= 15 is 0 Å². The maximum absolute atomic E-state index is 11.8. The summed E-state index contributed by atoms with van der Waals surface area (Å²) in [6.45, 7) is 0.291. The van der Waals surface area contributed by atoms with E-state index in [9.17, 15) is 4.79 Å². The molecule has 0 saturated carbocycles. The van der Waals surface area contributed by atoms with Gasteiger partial charge in [-0.25, -0.2) is 4.98 Å². The number of aromatic amines is 1. The molecule has 0 aliphatic rings. The van der Waals surface area contributed by atoms with E-state index in [1.54, 1.807) is 18.2 Å². The predicted molar refractivity (Wildman–Crippen MR) is 94.2 cm³/mol. The number of carbonyl (C=O) groups is 1. The number of rotatable bonds is 5. The Morgan fingerprint density at radius 2 is 2.08 bits per heavy atom. The normalized spacial score (nSPS) is 11.1. The molecule has 3 aromatic rings. The number of hydrogen-bond acceptors (Lipinski definition) is 3. The highest BCUT2D eigenvalue weighted by Crippen LogP contribution is 2.27. The summed E-state index contributed by atoms with van der Waals surface area (Å²) in [4.78, 5) is 19.3. The summed E-state index contributed by atoms with van der Waals surface area (Å²) in [6, 6.07) is 12.5. The van der Waals surface area contributed by atoms with E-state index in [1.807, 2.05) is 24.3 Å². The van der Waals surface area contributed by atoms with E-state index < -0.39 is 0 Å². The van der Waals surface area contributed by atoms with E-state index in [1.165, 1.54) is 12.3 Å². The van der Waals surface area contributed by atoms with Crippen molar-refractivity contribution >= 4 is 40.1 Å². The minimum absolute atomic E-state index is 0.291. The highest BCUT2D eigenvalue weighted by molar-refractivity contribution is 6.35. The van der Waals surface area contributed by atoms with Crippen molar-refractivity contribution in [3.63, 3.8) is 0 Å². The Bertz CT molecular complexity index is 873. The molecule has 0 saturated heterocycles. The zero-order chi connectivity index (χ0) is 16.9. The second-order valence-corrected chi connectivity index (χ2v) is 5.76. The SMILES string of the molecule is O=C(C=COc1ccc(Cl)cc1Cl)NCc1nc2ccccc2[nH]1. The summed E-state index contributed by atoms with van der Waals surface area (Å²) in [5, 5.41) is 3.60. The molecule has 0 aliphatic heterocycles. The molecule has 0 aliphatic carbocycles. The number of hydrogen-bond donors (Lipinski definition) is 2. The topological polar surface area (TPSA) is 67.0 Å². The molecule has 3 rings (SSSR count). The Morgan fingerprint density at radius 1 is 1.25 bits per heavy atom. The monoisotopic (exact) mass is 361 g/mol. The molecule has 0 bridgehead atoms. The van der Waals surface area contributed by atoms with Crippen molar-refractivity contribution < 1.29 is 9.53 Å². The molecule has 0 radical (unpaired) electrons. The number of nitrogens with zero attached hydrogens (tertiary/aromatic N) is 1. The second kappa shape index (κ2) is 7.38. The van der Waals surface area contributed by atoms with Gasteiger partial charge in [-0.1, -0.05) is 35.3 Å². The van der Waals surface area contributed by atoms with Gasteiger partial charge in [0.25, 0.3) is 0 Å². The molecule has 24 heavy (non-hydrogen) atoms. The van der Waals surface area contributed by atoms with Gasteiger partial charge in [0.05, 0.1) is 28.9 Å². The third-order valence-electron chi connectivity index (χ3n) is 3.18. The quantitative estimate of drug-likeness (QED) is 0.531. The van der Waals surface area contributed by atoms with Crippen molar-refractivity contribution in [2.75, 3.05) is 0 Å². The first kappa shape index (κ1) is 16.4. The maximum atomic E-state index is 11.8. The second-order valence-electron chi connectivity index (χ2n) is 4.91. The van der Waals surface area contributed by atoms with Crippen LogP contribution in [0.1, 0.15) is 5.82 Å². The Labute approximate surface area is 148 Å². The zero-order valence-corrected chi connectivity index (χ0v) is 13.9. The fourth-order valence-electron chi connectivity index (χ4n) is 2.06. The van der Waals surface area contributed by atoms with Gasteiger partial charge in [-0.15, -0.1) is 0 Å². The third-order valence-corrected chi connectivity index (χ3v) is 3.71. The molecule has 0 atom stereocenters. The van der Waals surface area contributed by atoms with Crippen LogP contribution in [0.15, 0.2) is 54.8 Å². The Balaban J connectivity index is 1.53. The summed E-state index contributed by atoms with van der Waals surface area (Å²) < 4.78 is 5.31. The van der Waals surface area contributed by atoms with Crippen molar-refractivity contribution in [1.82, 2.24) is 15.3 Å². The van der Waals surface area contributed by atoms with Crippen LogP contribution in [0.5, 0.6) is 5.75 Å². The van der Waals surface area contributed by atoms with Crippen LogP contribution in [0, 0.1) is 0 Å². The molecule has 0 unspecified atom stereocenters. The van der Waals surface area contributed by atoms with Crippen LogP contribution < -0.4 is 10.1 Å². The highest BCUT2D eigenvalue weighted by Gasteiger charge is 2.04. The van der Waals surface area contributed by atoms with Crippen LogP contribution in [0.2, 0.25) is 10.0 Å². The number of imidazole rings is 1. The molecule has 1 amide bonds. The van der Waals surface area contributed by atoms with E-state index in [-0.39, 0.29) is 5.91 Å². The minimum atomic E-state index is -0.305. The molecule has 122 valence electrons. The molecule has 7 heteroatoms. The van der Waals surface area contributed by atoms with Gasteiger partial charge in [0, 0.05) is 11.1 Å². The van der Waals surface area contributed by atoms with Crippen LogP contribution in [0.4, 0.5) is 0 Å². The number of halogens is 2. The molecular formula is C17H13Cl2N3O2. The van der Waals surface area contributed by atoms with Crippen LogP contribution in [0.3, 0.4) is 0 Å². The van der Waals surface area contributed by atoms with Crippen LogP contribution >= 0.6 is 23.2 Å². The van der Waals surface area contributed by atoms with Gasteiger partial charge >= 0.3 is 0 Å². The standard InChI is InChI=1S/C17H13Cl2N3O2/c18-11-5-6-15(12(19)9-11)24-8-7-17(23)20-10-16-21-13-3-1-2-4-14(13)22-16/h1-9H,10H2,(H,20,23)(H,21,22). The Hall–Kier alpha value is -2.50. The molecule has 0 spiro atoms. The fourth-order valence-corrected chi connectivity index (χ4v) is 2.51. The van der Waals surface area contributed by atoms with Crippen LogP contribution in [-0.4, -0.2) is 15.9 Å². The highest BCUT2D eigenvalue weighted by atomic mass is 35.5. The number of fused-ring (bicyclic) bond motifs is 1. The van der Waals surface area contributed by atoms with Crippen molar-refractivity contribution in [3.05, 3.63) is 70.7 Å². The first-order chi connectivity index (χ1) is 11.6. The number of amides is 1. The van der Waals surface area contributed by atoms with E-state index in [4.69, 9.17) is 27.9 Å². The summed E-state index contributed by atoms with van der Waals surface area (Å²) in [5.74, 6) is 0.794. The molecule has 5 nitrogen and oxygen atoms in total. The maximum Gasteiger partial charge on any atom is 0.247 e. The van der Waals surface area contributed by atoms with Crippen molar-refractivity contribution in [1.29, 1.82) is 0 Å². The van der Waals surface area contributed by atoms with Gasteiger partial charge in [-0.3, -0.25) is 4.79 Å². The van der Waals surface area contributed by atoms with E-state index in [0.717, 1.165) is 11.0 Å². The van der Waals surface area contributed by atoms with Crippen molar-refractivity contribution in [2.45, 2.75) is 6.54 Å². The zero-order valence-electron chi connectivity index (χ0n) is 12.4. The van der Waals surface area contributed by atoms with Crippen LogP contribution in [0.25, 0.3) is 11.0 Å². The third kappa shape index (κ3) is 4.07. The van der Waals surface area contributed by atoms with Gasteiger partial charge in [0.2, 0.25) is 5.91 Å². The first-order valence-electron chi connectivity index (χ1n) is 7.11. The van der Waals surface area contributed by atoms with Gasteiger partial charge in [-0.2, -0.15) is 0 Å². The number of aromatic nitrogens is 2. The first-order valence-corrected chi connectivity index (χ1v) is 7.87.